The maximum absolute atomic E-state index is 13.4. The number of carbonyl (C=O) groups excluding carboxylic acids is 3. The summed E-state index contributed by atoms with van der Waals surface area (Å²) in [6.45, 7) is 3.59. The molecule has 2 aromatic rings. The average molecular weight is 538 g/mol. The zero-order valence-corrected chi connectivity index (χ0v) is 21.7. The number of carboxylic acid groups (broad SMARTS) is 1. The van der Waals surface area contributed by atoms with Gasteiger partial charge in [0.1, 0.15) is 11.7 Å². The summed E-state index contributed by atoms with van der Waals surface area (Å²) in [7, 11) is 0. The number of anilines is 1. The standard InChI is InChI=1S/C26H31N7O6/c1-2-39-26(38)32-15-13-31(14-16-32)25(37)19(9-10-22(34)35)29-24(36)20-17-21(33-12-6-11-27-33)30-23(28-20)18-7-4-3-5-8-18/h3-5,7-8,11,17,19H,2,6,9-10,12-16H2,1H3,(H,29,36)(H,34,35)/t19-/m0/s1. The highest BCUT2D eigenvalue weighted by Gasteiger charge is 2.31. The Morgan fingerprint density at radius 2 is 1.74 bits per heavy atom. The number of ether oxygens (including phenoxy) is 1. The molecule has 4 rings (SSSR count). The fraction of sp³-hybridized carbons (Fsp3) is 0.423. The summed E-state index contributed by atoms with van der Waals surface area (Å²) in [6.07, 6.45) is 1.63. The van der Waals surface area contributed by atoms with Crippen molar-refractivity contribution in [2.75, 3.05) is 44.3 Å². The molecule has 2 aliphatic rings. The lowest BCUT2D eigenvalue weighted by Crippen LogP contribution is -2.56. The van der Waals surface area contributed by atoms with E-state index in [0.717, 1.165) is 6.42 Å². The molecule has 1 aromatic heterocycles. The number of hydrogen-bond acceptors (Lipinski definition) is 9. The van der Waals surface area contributed by atoms with Crippen LogP contribution in [0.1, 0.15) is 36.7 Å². The molecule has 1 atom stereocenters. The van der Waals surface area contributed by atoms with Crippen LogP contribution in [-0.4, -0.2) is 100 Å². The van der Waals surface area contributed by atoms with Crippen molar-refractivity contribution in [2.24, 2.45) is 5.10 Å². The number of piperazine rings is 1. The molecule has 2 N–H and O–H groups in total. The molecule has 0 aliphatic carbocycles. The Balaban J connectivity index is 1.53. The largest absolute Gasteiger partial charge is 0.481 e. The van der Waals surface area contributed by atoms with Crippen LogP contribution in [0, 0.1) is 0 Å². The highest BCUT2D eigenvalue weighted by atomic mass is 16.6. The highest BCUT2D eigenvalue weighted by molar-refractivity contribution is 5.97. The van der Waals surface area contributed by atoms with Crippen LogP contribution in [-0.2, 0) is 14.3 Å². The molecule has 0 bridgehead atoms. The minimum atomic E-state index is -1.09. The molecule has 39 heavy (non-hydrogen) atoms. The molecule has 3 amide bonds. The van der Waals surface area contributed by atoms with Crippen LogP contribution >= 0.6 is 0 Å². The van der Waals surface area contributed by atoms with Crippen LogP contribution in [0.2, 0.25) is 0 Å². The van der Waals surface area contributed by atoms with Gasteiger partial charge in [-0.2, -0.15) is 5.10 Å². The number of aromatic nitrogens is 2. The number of aliphatic carboxylic acids is 1. The molecule has 1 saturated heterocycles. The quantitative estimate of drug-likeness (QED) is 0.485. The molecule has 0 saturated carbocycles. The molecular weight excluding hydrogens is 506 g/mol. The van der Waals surface area contributed by atoms with Crippen LogP contribution in [0.4, 0.5) is 10.6 Å². The van der Waals surface area contributed by atoms with E-state index in [1.807, 2.05) is 30.3 Å². The van der Waals surface area contributed by atoms with Gasteiger partial charge in [0.15, 0.2) is 11.6 Å². The second-order valence-electron chi connectivity index (χ2n) is 8.98. The van der Waals surface area contributed by atoms with Gasteiger partial charge in [-0.15, -0.1) is 0 Å². The van der Waals surface area contributed by atoms with Crippen molar-refractivity contribution in [3.8, 4) is 11.4 Å². The number of hydrogen-bond donors (Lipinski definition) is 2. The van der Waals surface area contributed by atoms with E-state index in [2.05, 4.69) is 20.4 Å². The summed E-state index contributed by atoms with van der Waals surface area (Å²) in [5.41, 5.74) is 0.732. The number of hydrazone groups is 1. The Morgan fingerprint density at radius 3 is 2.38 bits per heavy atom. The Labute approximate surface area is 225 Å². The molecule has 1 aromatic carbocycles. The third-order valence-electron chi connectivity index (χ3n) is 6.30. The van der Waals surface area contributed by atoms with Crippen LogP contribution in [0.5, 0.6) is 0 Å². The number of benzene rings is 1. The average Bonchev–Trinajstić information content (AvgIpc) is 3.50. The van der Waals surface area contributed by atoms with E-state index in [1.54, 1.807) is 18.1 Å². The molecule has 0 radical (unpaired) electrons. The Bertz CT molecular complexity index is 1230. The summed E-state index contributed by atoms with van der Waals surface area (Å²) in [6, 6.07) is 9.58. The molecule has 2 aliphatic heterocycles. The van der Waals surface area contributed by atoms with Crippen molar-refractivity contribution >= 4 is 35.9 Å². The first-order chi connectivity index (χ1) is 18.9. The van der Waals surface area contributed by atoms with Gasteiger partial charge >= 0.3 is 12.1 Å². The van der Waals surface area contributed by atoms with Crippen LogP contribution < -0.4 is 10.3 Å². The smallest absolute Gasteiger partial charge is 0.409 e. The van der Waals surface area contributed by atoms with Crippen molar-refractivity contribution in [1.82, 2.24) is 25.1 Å². The number of carbonyl (C=O) groups is 4. The van der Waals surface area contributed by atoms with Gasteiger partial charge in [0.2, 0.25) is 5.91 Å². The van der Waals surface area contributed by atoms with Gasteiger partial charge in [-0.05, 0) is 13.3 Å². The Kier molecular flexibility index (Phi) is 9.02. The van der Waals surface area contributed by atoms with Gasteiger partial charge in [0.05, 0.1) is 6.61 Å². The van der Waals surface area contributed by atoms with Crippen molar-refractivity contribution < 1.29 is 29.0 Å². The van der Waals surface area contributed by atoms with Crippen LogP contribution in [0.15, 0.2) is 41.5 Å². The van der Waals surface area contributed by atoms with E-state index in [1.165, 1.54) is 15.9 Å². The highest BCUT2D eigenvalue weighted by Crippen LogP contribution is 2.22. The lowest BCUT2D eigenvalue weighted by molar-refractivity contribution is -0.138. The van der Waals surface area contributed by atoms with Gasteiger partial charge in [0, 0.05) is 63.4 Å². The molecule has 0 unspecified atom stereocenters. The van der Waals surface area contributed by atoms with E-state index in [4.69, 9.17) is 4.74 Å². The van der Waals surface area contributed by atoms with Gasteiger partial charge in [0.25, 0.3) is 5.91 Å². The van der Waals surface area contributed by atoms with E-state index >= 15 is 0 Å². The van der Waals surface area contributed by atoms with Crippen LogP contribution in [0.25, 0.3) is 11.4 Å². The van der Waals surface area contributed by atoms with Crippen LogP contribution in [0.3, 0.4) is 0 Å². The maximum atomic E-state index is 13.4. The first-order valence-electron chi connectivity index (χ1n) is 12.8. The minimum absolute atomic E-state index is 0.0289. The lowest BCUT2D eigenvalue weighted by Gasteiger charge is -2.35. The topological polar surface area (TPSA) is 158 Å². The van der Waals surface area contributed by atoms with Gasteiger partial charge in [-0.3, -0.25) is 14.4 Å². The van der Waals surface area contributed by atoms with Crippen molar-refractivity contribution in [3.05, 3.63) is 42.1 Å². The minimum Gasteiger partial charge on any atom is -0.481 e. The first-order valence-corrected chi connectivity index (χ1v) is 12.8. The number of carboxylic acids is 1. The monoisotopic (exact) mass is 537 g/mol. The molecule has 1 fully saturated rings. The zero-order chi connectivity index (χ0) is 27.8. The fourth-order valence-electron chi connectivity index (χ4n) is 4.27. The van der Waals surface area contributed by atoms with Crippen molar-refractivity contribution in [1.29, 1.82) is 0 Å². The summed E-state index contributed by atoms with van der Waals surface area (Å²) < 4.78 is 5.02. The van der Waals surface area contributed by atoms with E-state index < -0.39 is 29.9 Å². The molecular formula is C26H31N7O6. The van der Waals surface area contributed by atoms with Gasteiger partial charge in [-0.1, -0.05) is 30.3 Å². The molecule has 13 heteroatoms. The number of amides is 3. The van der Waals surface area contributed by atoms with Crippen molar-refractivity contribution in [2.45, 2.75) is 32.2 Å². The van der Waals surface area contributed by atoms with Crippen molar-refractivity contribution in [3.63, 3.8) is 0 Å². The number of rotatable bonds is 9. The third kappa shape index (κ3) is 7.06. The van der Waals surface area contributed by atoms with E-state index in [9.17, 15) is 24.3 Å². The summed E-state index contributed by atoms with van der Waals surface area (Å²) in [5, 5.41) is 17.9. The molecule has 0 spiro atoms. The first kappa shape index (κ1) is 27.5. The SMILES string of the molecule is CCOC(=O)N1CCN(C(=O)[C@H](CCC(=O)O)NC(=O)c2cc(N3CCC=N3)nc(-c3ccccc3)n2)CC1. The number of nitrogens with one attached hydrogen (secondary N) is 1. The number of nitrogens with zero attached hydrogens (tertiary/aromatic N) is 6. The second kappa shape index (κ2) is 12.8. The molecule has 3 heterocycles. The predicted molar refractivity (Wildman–Crippen MR) is 141 cm³/mol. The Morgan fingerprint density at radius 1 is 1.03 bits per heavy atom. The van der Waals surface area contributed by atoms with E-state index in [-0.39, 0.29) is 51.3 Å². The predicted octanol–water partition coefficient (Wildman–Crippen LogP) is 1.60. The van der Waals surface area contributed by atoms with E-state index in [0.29, 0.717) is 23.8 Å². The lowest BCUT2D eigenvalue weighted by atomic mass is 10.1. The molecule has 206 valence electrons. The second-order valence-corrected chi connectivity index (χ2v) is 8.98. The summed E-state index contributed by atoms with van der Waals surface area (Å²) >= 11 is 0. The summed E-state index contributed by atoms with van der Waals surface area (Å²) in [5.74, 6) is -1.38. The normalized spacial score (nSPS) is 15.7. The van der Waals surface area contributed by atoms with Gasteiger partial charge < -0.3 is 25.0 Å². The Hall–Kier alpha value is -4.55. The van der Waals surface area contributed by atoms with Gasteiger partial charge in [-0.25, -0.2) is 19.8 Å². The summed E-state index contributed by atoms with van der Waals surface area (Å²) in [4.78, 5) is 62.1. The fourth-order valence-corrected chi connectivity index (χ4v) is 4.27. The maximum Gasteiger partial charge on any atom is 0.409 e. The third-order valence-corrected chi connectivity index (χ3v) is 6.30. The zero-order valence-electron chi connectivity index (χ0n) is 21.7. The molecule has 13 nitrogen and oxygen atoms in total.